The van der Waals surface area contributed by atoms with E-state index in [1.807, 2.05) is 41.9 Å². The molecule has 214 valence electrons. The highest BCUT2D eigenvalue weighted by Gasteiger charge is 2.34. The van der Waals surface area contributed by atoms with Crippen LogP contribution in [-0.2, 0) is 19.1 Å². The fourth-order valence-electron chi connectivity index (χ4n) is 5.10. The first-order valence-electron chi connectivity index (χ1n) is 13.3. The number of fused-ring (bicyclic) bond motifs is 1. The Morgan fingerprint density at radius 2 is 1.93 bits per heavy atom. The fourth-order valence-corrected chi connectivity index (χ4v) is 5.10. The van der Waals surface area contributed by atoms with Crippen LogP contribution in [0.4, 0.5) is 29.1 Å². The van der Waals surface area contributed by atoms with Gasteiger partial charge >= 0.3 is 6.18 Å². The van der Waals surface area contributed by atoms with Crippen LogP contribution in [0.15, 0.2) is 55.2 Å². The van der Waals surface area contributed by atoms with Crippen LogP contribution in [0.5, 0.6) is 5.75 Å². The Bertz CT molecular complexity index is 1610. The number of nitrogens with two attached hydrogens (primary N) is 1. The maximum absolute atomic E-state index is 15.0. The van der Waals surface area contributed by atoms with Gasteiger partial charge in [-0.1, -0.05) is 50.8 Å². The van der Waals surface area contributed by atoms with E-state index in [-0.39, 0.29) is 12.4 Å². The lowest BCUT2D eigenvalue weighted by atomic mass is 9.96. The molecule has 2 N–H and O–H groups in total. The predicted octanol–water partition coefficient (Wildman–Crippen LogP) is 7.22. The summed E-state index contributed by atoms with van der Waals surface area (Å²) in [5.74, 6) is -0.210. The number of aryl methyl sites for hydroxylation is 1. The molecule has 0 saturated carbocycles. The second kappa shape index (κ2) is 10.9. The van der Waals surface area contributed by atoms with E-state index >= 15 is 0 Å². The summed E-state index contributed by atoms with van der Waals surface area (Å²) in [6.07, 6.45) is -1.91. The van der Waals surface area contributed by atoms with Crippen molar-refractivity contribution in [3.8, 4) is 22.7 Å². The van der Waals surface area contributed by atoms with Gasteiger partial charge < -0.3 is 15.4 Å². The molecule has 3 heterocycles. The van der Waals surface area contributed by atoms with E-state index in [0.29, 0.717) is 54.8 Å². The number of halogens is 4. The maximum Gasteiger partial charge on any atom is 0.417 e. The average molecular weight is 566 g/mol. The number of pyridine rings is 1. The molecule has 1 aliphatic rings. The van der Waals surface area contributed by atoms with Gasteiger partial charge in [0.1, 0.15) is 11.4 Å². The Balaban J connectivity index is 1.69. The number of para-hydroxylation sites is 1. The van der Waals surface area contributed by atoms with Crippen LogP contribution in [0.1, 0.15) is 41.8 Å². The second-order valence-corrected chi connectivity index (χ2v) is 10.5. The van der Waals surface area contributed by atoms with Gasteiger partial charge in [-0.05, 0) is 36.6 Å². The summed E-state index contributed by atoms with van der Waals surface area (Å²) >= 11 is 0. The summed E-state index contributed by atoms with van der Waals surface area (Å²) in [5, 5.41) is 5.02. The summed E-state index contributed by atoms with van der Waals surface area (Å²) in [5.41, 5.74) is 11.2. The number of aromatic nitrogens is 3. The van der Waals surface area contributed by atoms with Gasteiger partial charge in [-0.15, -0.1) is 0 Å². The van der Waals surface area contributed by atoms with Crippen LogP contribution in [0, 0.1) is 18.7 Å². The number of nitrogen functional groups attached to an aromatic ring is 1. The minimum absolute atomic E-state index is 0.143. The smallest absolute Gasteiger partial charge is 0.417 e. The van der Waals surface area contributed by atoms with Gasteiger partial charge in [-0.2, -0.15) is 18.3 Å². The third kappa shape index (κ3) is 5.38. The molecule has 0 fully saturated rings. The molecule has 0 saturated heterocycles. The SMILES string of the molecule is C=Cc1c(N)cccc1-c1c2c(nn1-c1c(C)cccc1OCC(C)C)CCN(c1ncc(C(F)(F)F)cc1F)C2. The Labute approximate surface area is 236 Å². The van der Waals surface area contributed by atoms with Crippen molar-refractivity contribution in [2.45, 2.75) is 39.9 Å². The van der Waals surface area contributed by atoms with Crippen LogP contribution >= 0.6 is 0 Å². The zero-order valence-electron chi connectivity index (χ0n) is 23.1. The Morgan fingerprint density at radius 3 is 2.61 bits per heavy atom. The van der Waals surface area contributed by atoms with Gasteiger partial charge in [0.2, 0.25) is 0 Å². The summed E-state index contributed by atoms with van der Waals surface area (Å²) < 4.78 is 62.5. The van der Waals surface area contributed by atoms with E-state index in [1.165, 1.54) is 0 Å². The van der Waals surface area contributed by atoms with Gasteiger partial charge in [0, 0.05) is 48.1 Å². The molecule has 0 aliphatic carbocycles. The molecule has 1 aliphatic heterocycles. The standard InChI is InChI=1S/C31H31F4N5O/c1-5-21-22(9-7-10-25(21)36)29-23-16-39(30-24(32)14-20(15-37-30)31(33,34)35)13-12-26(23)38-40(29)28-19(4)8-6-11-27(28)41-17-18(2)3/h5-11,14-15,18H,1,12-13,16-17,36H2,2-4H3. The number of nitrogens with zero attached hydrogens (tertiary/aromatic N) is 4. The van der Waals surface area contributed by atoms with Gasteiger partial charge in [0.15, 0.2) is 11.6 Å². The molecule has 0 bridgehead atoms. The Kier molecular flexibility index (Phi) is 7.50. The average Bonchev–Trinajstić information content (AvgIpc) is 3.29. The van der Waals surface area contributed by atoms with Crippen LogP contribution in [0.25, 0.3) is 23.0 Å². The quantitative estimate of drug-likeness (QED) is 0.189. The van der Waals surface area contributed by atoms with Crippen molar-refractivity contribution in [2.75, 3.05) is 23.8 Å². The van der Waals surface area contributed by atoms with Gasteiger partial charge in [-0.3, -0.25) is 0 Å². The predicted molar refractivity (Wildman–Crippen MR) is 153 cm³/mol. The van der Waals surface area contributed by atoms with Crippen LogP contribution in [0.3, 0.4) is 0 Å². The first-order valence-corrected chi connectivity index (χ1v) is 13.3. The molecule has 5 rings (SSSR count). The maximum atomic E-state index is 15.0. The van der Waals surface area contributed by atoms with Crippen molar-refractivity contribution in [2.24, 2.45) is 5.92 Å². The van der Waals surface area contributed by atoms with E-state index in [1.54, 1.807) is 17.0 Å². The zero-order valence-corrected chi connectivity index (χ0v) is 23.1. The number of rotatable bonds is 7. The number of hydrogen-bond donors (Lipinski definition) is 1. The lowest BCUT2D eigenvalue weighted by Crippen LogP contribution is -2.32. The van der Waals surface area contributed by atoms with E-state index in [4.69, 9.17) is 15.6 Å². The third-order valence-corrected chi connectivity index (χ3v) is 7.07. The second-order valence-electron chi connectivity index (χ2n) is 10.5. The fraction of sp³-hybridized carbons (Fsp3) is 0.290. The number of ether oxygens (including phenoxy) is 1. The molecule has 2 aromatic carbocycles. The van der Waals surface area contributed by atoms with E-state index in [9.17, 15) is 17.6 Å². The molecule has 0 spiro atoms. The van der Waals surface area contributed by atoms with Gasteiger partial charge in [0.05, 0.1) is 23.6 Å². The van der Waals surface area contributed by atoms with Crippen molar-refractivity contribution in [3.05, 3.63) is 89.0 Å². The van der Waals surface area contributed by atoms with Crippen molar-refractivity contribution >= 4 is 17.6 Å². The van der Waals surface area contributed by atoms with Crippen molar-refractivity contribution in [1.82, 2.24) is 14.8 Å². The molecule has 10 heteroatoms. The summed E-state index contributed by atoms with van der Waals surface area (Å²) in [4.78, 5) is 5.51. The van der Waals surface area contributed by atoms with E-state index in [0.717, 1.165) is 33.8 Å². The summed E-state index contributed by atoms with van der Waals surface area (Å²) in [7, 11) is 0. The number of anilines is 2. The lowest BCUT2D eigenvalue weighted by Gasteiger charge is -2.28. The molecule has 0 unspecified atom stereocenters. The molecular weight excluding hydrogens is 534 g/mol. The topological polar surface area (TPSA) is 69.2 Å². The molecule has 2 aromatic heterocycles. The summed E-state index contributed by atoms with van der Waals surface area (Å²) in [6, 6.07) is 11.8. The lowest BCUT2D eigenvalue weighted by molar-refractivity contribution is -0.138. The minimum atomic E-state index is -4.69. The van der Waals surface area contributed by atoms with Gasteiger partial charge in [-0.25, -0.2) is 14.1 Å². The monoisotopic (exact) mass is 565 g/mol. The zero-order chi connectivity index (χ0) is 29.5. The molecular formula is C31H31F4N5O. The first kappa shape index (κ1) is 28.2. The highest BCUT2D eigenvalue weighted by atomic mass is 19.4. The molecule has 4 aromatic rings. The Morgan fingerprint density at radius 1 is 1.17 bits per heavy atom. The van der Waals surface area contributed by atoms with Crippen LogP contribution in [-0.4, -0.2) is 27.9 Å². The number of alkyl halides is 3. The molecule has 41 heavy (non-hydrogen) atoms. The number of benzene rings is 2. The molecule has 0 amide bonds. The molecule has 0 atom stereocenters. The van der Waals surface area contributed by atoms with Gasteiger partial charge in [0.25, 0.3) is 0 Å². The molecule has 6 nitrogen and oxygen atoms in total. The Hall–Kier alpha value is -4.34. The van der Waals surface area contributed by atoms with Crippen LogP contribution in [0.2, 0.25) is 0 Å². The van der Waals surface area contributed by atoms with Crippen molar-refractivity contribution < 1.29 is 22.3 Å². The largest absolute Gasteiger partial charge is 0.491 e. The van der Waals surface area contributed by atoms with E-state index < -0.39 is 17.6 Å². The number of hydrogen-bond acceptors (Lipinski definition) is 5. The minimum Gasteiger partial charge on any atom is -0.491 e. The summed E-state index contributed by atoms with van der Waals surface area (Å²) in [6.45, 7) is 11.1. The first-order chi connectivity index (χ1) is 19.5. The van der Waals surface area contributed by atoms with Crippen molar-refractivity contribution in [1.29, 1.82) is 0 Å². The van der Waals surface area contributed by atoms with E-state index in [2.05, 4.69) is 25.4 Å². The highest BCUT2D eigenvalue weighted by Crippen LogP contribution is 2.40. The third-order valence-electron chi connectivity index (χ3n) is 7.07. The van der Waals surface area contributed by atoms with Crippen molar-refractivity contribution in [3.63, 3.8) is 0 Å². The highest BCUT2D eigenvalue weighted by molar-refractivity contribution is 5.83. The normalized spacial score (nSPS) is 13.4. The molecule has 0 radical (unpaired) electrons. The van der Waals surface area contributed by atoms with Crippen LogP contribution < -0.4 is 15.4 Å².